The van der Waals surface area contributed by atoms with Gasteiger partial charge in [-0.05, 0) is 44.5 Å². The highest BCUT2D eigenvalue weighted by Crippen LogP contribution is 2.26. The molecule has 134 valence electrons. The first-order valence-corrected chi connectivity index (χ1v) is 7.20. The summed E-state index contributed by atoms with van der Waals surface area (Å²) in [5.74, 6) is -5.79. The zero-order valence-electron chi connectivity index (χ0n) is 13.5. The van der Waals surface area contributed by atoms with Gasteiger partial charge in [0.1, 0.15) is 23.9 Å². The monoisotopic (exact) mass is 347 g/mol. The maximum absolute atomic E-state index is 12.4. The van der Waals surface area contributed by atoms with E-state index >= 15 is 0 Å². The van der Waals surface area contributed by atoms with Gasteiger partial charge in [0.15, 0.2) is 0 Å². The molecule has 8 heteroatoms. The van der Waals surface area contributed by atoms with Gasteiger partial charge in [0.25, 0.3) is 0 Å². The fraction of sp³-hybridized carbons (Fsp3) is 0.500. The molecule has 1 rings (SSSR count). The second-order valence-electron chi connectivity index (χ2n) is 5.75. The SMILES string of the molecule is CCC(C)(C)Oc1ccc(C(=O)OCC(C(=O)[O-])C(F)(F)F)cc1. The average molecular weight is 347 g/mol. The third kappa shape index (κ3) is 5.75. The van der Waals surface area contributed by atoms with Crippen LogP contribution in [0, 0.1) is 5.92 Å². The molecular formula is C16H18F3O5-. The maximum atomic E-state index is 12.4. The summed E-state index contributed by atoms with van der Waals surface area (Å²) < 4.78 is 47.4. The number of carbonyl (C=O) groups is 2. The molecule has 1 atom stereocenters. The van der Waals surface area contributed by atoms with Crippen LogP contribution in [-0.2, 0) is 9.53 Å². The summed E-state index contributed by atoms with van der Waals surface area (Å²) in [5, 5.41) is 10.5. The molecule has 1 unspecified atom stereocenters. The maximum Gasteiger partial charge on any atom is 0.400 e. The molecule has 0 aliphatic heterocycles. The van der Waals surface area contributed by atoms with Crippen LogP contribution >= 0.6 is 0 Å². The average Bonchev–Trinajstić information content (AvgIpc) is 2.45. The van der Waals surface area contributed by atoms with Gasteiger partial charge in [0.05, 0.1) is 11.5 Å². The lowest BCUT2D eigenvalue weighted by Crippen LogP contribution is -2.43. The minimum Gasteiger partial charge on any atom is -0.549 e. The molecule has 0 bridgehead atoms. The highest BCUT2D eigenvalue weighted by atomic mass is 19.4. The highest BCUT2D eigenvalue weighted by Gasteiger charge is 2.41. The molecule has 0 aliphatic carbocycles. The molecule has 0 heterocycles. The topological polar surface area (TPSA) is 75.7 Å². The van der Waals surface area contributed by atoms with E-state index in [1.54, 1.807) is 0 Å². The summed E-state index contributed by atoms with van der Waals surface area (Å²) in [7, 11) is 0. The Morgan fingerprint density at radius 1 is 1.17 bits per heavy atom. The van der Waals surface area contributed by atoms with Gasteiger partial charge in [0, 0.05) is 0 Å². The smallest absolute Gasteiger partial charge is 0.400 e. The van der Waals surface area contributed by atoms with Crippen LogP contribution in [0.4, 0.5) is 13.2 Å². The number of benzene rings is 1. The Bertz CT molecular complexity index is 578. The Morgan fingerprint density at radius 2 is 1.71 bits per heavy atom. The largest absolute Gasteiger partial charge is 0.549 e. The Morgan fingerprint density at radius 3 is 2.12 bits per heavy atom. The van der Waals surface area contributed by atoms with Crippen molar-refractivity contribution in [1.82, 2.24) is 0 Å². The number of hydrogen-bond acceptors (Lipinski definition) is 5. The molecule has 1 aromatic carbocycles. The molecule has 0 spiro atoms. The number of aliphatic carboxylic acids is 1. The van der Waals surface area contributed by atoms with Crippen molar-refractivity contribution in [3.63, 3.8) is 0 Å². The third-order valence-electron chi connectivity index (χ3n) is 3.40. The first-order chi connectivity index (χ1) is 11.0. The Hall–Kier alpha value is -2.25. The molecule has 0 aromatic heterocycles. The highest BCUT2D eigenvalue weighted by molar-refractivity contribution is 5.89. The fourth-order valence-electron chi connectivity index (χ4n) is 1.59. The number of hydrogen-bond donors (Lipinski definition) is 0. The van der Waals surface area contributed by atoms with E-state index in [4.69, 9.17) is 4.74 Å². The van der Waals surface area contributed by atoms with Crippen LogP contribution in [0.5, 0.6) is 5.75 Å². The normalized spacial score (nSPS) is 13.2. The summed E-state index contributed by atoms with van der Waals surface area (Å²) in [6.45, 7) is 4.37. The molecule has 5 nitrogen and oxygen atoms in total. The zero-order chi connectivity index (χ0) is 18.5. The lowest BCUT2D eigenvalue weighted by molar-refractivity contribution is -0.327. The van der Waals surface area contributed by atoms with Crippen molar-refractivity contribution in [1.29, 1.82) is 0 Å². The van der Waals surface area contributed by atoms with Gasteiger partial charge in [0.2, 0.25) is 0 Å². The zero-order valence-corrected chi connectivity index (χ0v) is 13.5. The van der Waals surface area contributed by atoms with Gasteiger partial charge < -0.3 is 19.4 Å². The van der Waals surface area contributed by atoms with Gasteiger partial charge >= 0.3 is 12.1 Å². The van der Waals surface area contributed by atoms with E-state index in [9.17, 15) is 27.9 Å². The molecule has 0 radical (unpaired) electrons. The number of rotatable bonds is 7. The van der Waals surface area contributed by atoms with Gasteiger partial charge in [-0.15, -0.1) is 0 Å². The third-order valence-corrected chi connectivity index (χ3v) is 3.40. The molecule has 1 aromatic rings. The van der Waals surface area contributed by atoms with E-state index < -0.39 is 36.2 Å². The molecule has 0 saturated heterocycles. The molecule has 0 aliphatic rings. The summed E-state index contributed by atoms with van der Waals surface area (Å²) in [5.41, 5.74) is -0.424. The minimum atomic E-state index is -5.05. The van der Waals surface area contributed by atoms with Gasteiger partial charge in [-0.1, -0.05) is 6.92 Å². The molecule has 0 amide bonds. The van der Waals surface area contributed by atoms with E-state index in [0.29, 0.717) is 5.75 Å². The number of esters is 1. The van der Waals surface area contributed by atoms with Crippen LogP contribution < -0.4 is 9.84 Å². The summed E-state index contributed by atoms with van der Waals surface area (Å²) in [6.07, 6.45) is -4.30. The molecular weight excluding hydrogens is 329 g/mol. The Balaban J connectivity index is 2.70. The van der Waals surface area contributed by atoms with E-state index in [2.05, 4.69) is 4.74 Å². The first-order valence-electron chi connectivity index (χ1n) is 7.20. The van der Waals surface area contributed by atoms with Crippen LogP contribution in [0.1, 0.15) is 37.6 Å². The first kappa shape index (κ1) is 19.8. The molecule has 0 N–H and O–H groups in total. The molecule has 0 saturated carbocycles. The van der Waals surface area contributed by atoms with Crippen LogP contribution in [0.25, 0.3) is 0 Å². The van der Waals surface area contributed by atoms with E-state index in [-0.39, 0.29) is 5.56 Å². The second-order valence-corrected chi connectivity index (χ2v) is 5.75. The Labute approximate surface area is 137 Å². The number of alkyl halides is 3. The van der Waals surface area contributed by atoms with Crippen molar-refractivity contribution in [3.05, 3.63) is 29.8 Å². The van der Waals surface area contributed by atoms with E-state index in [0.717, 1.165) is 6.42 Å². The predicted octanol–water partition coefficient (Wildman–Crippen LogP) is 2.34. The number of ether oxygens (including phenoxy) is 2. The molecule has 0 fully saturated rings. The van der Waals surface area contributed by atoms with Crippen molar-refractivity contribution >= 4 is 11.9 Å². The van der Waals surface area contributed by atoms with Crippen molar-refractivity contribution in [3.8, 4) is 5.75 Å². The quantitative estimate of drug-likeness (QED) is 0.708. The van der Waals surface area contributed by atoms with Crippen LogP contribution in [0.2, 0.25) is 0 Å². The minimum absolute atomic E-state index is 0.0177. The van der Waals surface area contributed by atoms with Crippen molar-refractivity contribution in [2.45, 2.75) is 39.0 Å². The fourth-order valence-corrected chi connectivity index (χ4v) is 1.59. The van der Waals surface area contributed by atoms with Gasteiger partial charge in [-0.25, -0.2) is 4.79 Å². The lowest BCUT2D eigenvalue weighted by atomic mass is 10.1. The van der Waals surface area contributed by atoms with E-state index in [1.165, 1.54) is 24.3 Å². The number of halogens is 3. The van der Waals surface area contributed by atoms with Crippen LogP contribution in [0.15, 0.2) is 24.3 Å². The second kappa shape index (κ2) is 7.55. The predicted molar refractivity (Wildman–Crippen MR) is 76.3 cm³/mol. The lowest BCUT2D eigenvalue weighted by Gasteiger charge is -2.24. The summed E-state index contributed by atoms with van der Waals surface area (Å²) in [6, 6.07) is 5.61. The summed E-state index contributed by atoms with van der Waals surface area (Å²) in [4.78, 5) is 22.2. The summed E-state index contributed by atoms with van der Waals surface area (Å²) >= 11 is 0. The van der Waals surface area contributed by atoms with Crippen molar-refractivity contribution in [2.75, 3.05) is 6.61 Å². The Kier molecular flexibility index (Phi) is 6.22. The number of carboxylic acids is 1. The van der Waals surface area contributed by atoms with Gasteiger partial charge in [-0.3, -0.25) is 0 Å². The van der Waals surface area contributed by atoms with Crippen LogP contribution in [-0.4, -0.2) is 30.3 Å². The molecule has 24 heavy (non-hydrogen) atoms. The van der Waals surface area contributed by atoms with Crippen LogP contribution in [0.3, 0.4) is 0 Å². The van der Waals surface area contributed by atoms with Gasteiger partial charge in [-0.2, -0.15) is 13.2 Å². The van der Waals surface area contributed by atoms with Crippen molar-refractivity contribution < 1.29 is 37.3 Å². The van der Waals surface area contributed by atoms with E-state index in [1.807, 2.05) is 20.8 Å². The number of carboxylic acid groups (broad SMARTS) is 1. The standard InChI is InChI=1S/C16H19F3O5/c1-4-15(2,3)24-11-7-5-10(6-8-11)14(22)23-9-12(13(20)21)16(17,18)19/h5-8,12H,4,9H2,1-3H3,(H,20,21)/p-1. The number of carbonyl (C=O) groups excluding carboxylic acids is 2. The van der Waals surface area contributed by atoms with Crippen molar-refractivity contribution in [2.24, 2.45) is 5.92 Å².